The van der Waals surface area contributed by atoms with Crippen molar-refractivity contribution < 1.29 is 5.11 Å². The summed E-state index contributed by atoms with van der Waals surface area (Å²) < 4.78 is 0. The summed E-state index contributed by atoms with van der Waals surface area (Å²) in [5, 5.41) is 10.9. The Kier molecular flexibility index (Phi) is 6.83. The summed E-state index contributed by atoms with van der Waals surface area (Å²) in [5.41, 5.74) is -0.326. The molecule has 16 heavy (non-hydrogen) atoms. The molecule has 1 aliphatic heterocycles. The van der Waals surface area contributed by atoms with Gasteiger partial charge in [0.25, 0.3) is 0 Å². The van der Waals surface area contributed by atoms with Crippen molar-refractivity contribution in [1.29, 1.82) is 0 Å². The van der Waals surface area contributed by atoms with Crippen LogP contribution in [0, 0.1) is 0 Å². The summed E-state index contributed by atoms with van der Waals surface area (Å²) in [7, 11) is 0. The van der Waals surface area contributed by atoms with E-state index in [0.29, 0.717) is 5.25 Å². The Morgan fingerprint density at radius 1 is 1.12 bits per heavy atom. The molecule has 1 nitrogen and oxygen atoms in total. The van der Waals surface area contributed by atoms with Gasteiger partial charge in [0, 0.05) is 11.0 Å². The lowest BCUT2D eigenvalue weighted by atomic mass is 9.93. The normalized spacial score (nSPS) is 29.8. The Labute approximate surface area is 105 Å². The fourth-order valence-corrected chi connectivity index (χ4v) is 3.82. The van der Waals surface area contributed by atoms with Crippen molar-refractivity contribution in [1.82, 2.24) is 0 Å². The molecule has 0 radical (unpaired) electrons. The molecule has 1 rings (SSSR count). The standard InChI is InChI=1S/C14H28OS/c1-3-4-5-6-7-8-9-10-14(15)11-13(2)16-12-14/h13,15H,3-12H2,1-2H3. The third kappa shape index (κ3) is 5.58. The van der Waals surface area contributed by atoms with Crippen LogP contribution in [0.1, 0.15) is 71.6 Å². The van der Waals surface area contributed by atoms with E-state index in [-0.39, 0.29) is 5.60 Å². The first-order valence-corrected chi connectivity index (χ1v) is 8.05. The van der Waals surface area contributed by atoms with Gasteiger partial charge in [0.05, 0.1) is 5.60 Å². The molecular formula is C14H28OS. The van der Waals surface area contributed by atoms with Gasteiger partial charge in [-0.15, -0.1) is 0 Å². The minimum atomic E-state index is -0.326. The Morgan fingerprint density at radius 2 is 1.75 bits per heavy atom. The summed E-state index contributed by atoms with van der Waals surface area (Å²) in [6.07, 6.45) is 11.4. The molecule has 2 heteroatoms. The SMILES string of the molecule is CCCCCCCCCC1(O)CSC(C)C1. The van der Waals surface area contributed by atoms with E-state index < -0.39 is 0 Å². The highest BCUT2D eigenvalue weighted by Crippen LogP contribution is 2.37. The van der Waals surface area contributed by atoms with Crippen LogP contribution in [0.5, 0.6) is 0 Å². The third-order valence-electron chi connectivity index (χ3n) is 3.55. The molecular weight excluding hydrogens is 216 g/mol. The van der Waals surface area contributed by atoms with Crippen molar-refractivity contribution in [2.24, 2.45) is 0 Å². The van der Waals surface area contributed by atoms with Gasteiger partial charge < -0.3 is 5.11 Å². The average molecular weight is 244 g/mol. The number of unbranched alkanes of at least 4 members (excludes halogenated alkanes) is 6. The van der Waals surface area contributed by atoms with Gasteiger partial charge in [0.15, 0.2) is 0 Å². The molecule has 0 bridgehead atoms. The highest BCUT2D eigenvalue weighted by atomic mass is 32.2. The molecule has 0 spiro atoms. The number of thioether (sulfide) groups is 1. The molecule has 96 valence electrons. The first-order chi connectivity index (χ1) is 7.66. The monoisotopic (exact) mass is 244 g/mol. The lowest BCUT2D eigenvalue weighted by molar-refractivity contribution is 0.0519. The highest BCUT2D eigenvalue weighted by Gasteiger charge is 2.34. The second-order valence-corrected chi connectivity index (χ2v) is 6.85. The molecule has 0 aromatic rings. The van der Waals surface area contributed by atoms with Crippen LogP contribution in [0.25, 0.3) is 0 Å². The van der Waals surface area contributed by atoms with Crippen molar-refractivity contribution in [3.05, 3.63) is 0 Å². The first kappa shape index (κ1) is 14.4. The van der Waals surface area contributed by atoms with Crippen molar-refractivity contribution in [3.8, 4) is 0 Å². The fourth-order valence-electron chi connectivity index (χ4n) is 2.54. The zero-order chi connectivity index (χ0) is 11.9. The minimum absolute atomic E-state index is 0.326. The molecule has 0 amide bonds. The van der Waals surface area contributed by atoms with Crippen LogP contribution in [0.2, 0.25) is 0 Å². The zero-order valence-electron chi connectivity index (χ0n) is 11.0. The Morgan fingerprint density at radius 3 is 2.31 bits per heavy atom. The van der Waals surface area contributed by atoms with Crippen molar-refractivity contribution in [3.63, 3.8) is 0 Å². The topological polar surface area (TPSA) is 20.2 Å². The molecule has 1 saturated heterocycles. The van der Waals surface area contributed by atoms with E-state index in [1.807, 2.05) is 11.8 Å². The summed E-state index contributed by atoms with van der Waals surface area (Å²) >= 11 is 1.93. The number of aliphatic hydroxyl groups is 1. The molecule has 0 saturated carbocycles. The quantitative estimate of drug-likeness (QED) is 0.639. The van der Waals surface area contributed by atoms with Crippen LogP contribution < -0.4 is 0 Å². The fraction of sp³-hybridized carbons (Fsp3) is 1.00. The van der Waals surface area contributed by atoms with Gasteiger partial charge in [-0.2, -0.15) is 11.8 Å². The summed E-state index contributed by atoms with van der Waals surface area (Å²) in [6, 6.07) is 0. The lowest BCUT2D eigenvalue weighted by Crippen LogP contribution is -2.28. The van der Waals surface area contributed by atoms with E-state index in [4.69, 9.17) is 0 Å². The van der Waals surface area contributed by atoms with Gasteiger partial charge >= 0.3 is 0 Å². The largest absolute Gasteiger partial charge is 0.389 e. The number of hydrogen-bond acceptors (Lipinski definition) is 2. The van der Waals surface area contributed by atoms with E-state index in [9.17, 15) is 5.11 Å². The second-order valence-electron chi connectivity index (χ2n) is 5.42. The van der Waals surface area contributed by atoms with Gasteiger partial charge in [-0.25, -0.2) is 0 Å². The van der Waals surface area contributed by atoms with Crippen LogP contribution in [-0.2, 0) is 0 Å². The number of hydrogen-bond donors (Lipinski definition) is 1. The Hall–Kier alpha value is 0.310. The molecule has 1 N–H and O–H groups in total. The maximum Gasteiger partial charge on any atom is 0.0748 e. The highest BCUT2D eigenvalue weighted by molar-refractivity contribution is 8.00. The minimum Gasteiger partial charge on any atom is -0.389 e. The van der Waals surface area contributed by atoms with Crippen molar-refractivity contribution in [2.75, 3.05) is 5.75 Å². The maximum absolute atomic E-state index is 10.3. The molecule has 1 heterocycles. The van der Waals surface area contributed by atoms with Crippen LogP contribution in [-0.4, -0.2) is 21.7 Å². The third-order valence-corrected chi connectivity index (χ3v) is 4.99. The van der Waals surface area contributed by atoms with Gasteiger partial charge in [-0.05, 0) is 12.8 Å². The maximum atomic E-state index is 10.3. The van der Waals surface area contributed by atoms with Gasteiger partial charge in [-0.3, -0.25) is 0 Å². The smallest absolute Gasteiger partial charge is 0.0748 e. The molecule has 0 aromatic heterocycles. The number of rotatable bonds is 8. The summed E-state index contributed by atoms with van der Waals surface area (Å²) in [5.74, 6) is 0.962. The van der Waals surface area contributed by atoms with E-state index in [0.717, 1.165) is 18.6 Å². The molecule has 1 fully saturated rings. The van der Waals surface area contributed by atoms with Gasteiger partial charge in [0.2, 0.25) is 0 Å². The predicted molar refractivity (Wildman–Crippen MR) is 74.1 cm³/mol. The van der Waals surface area contributed by atoms with Crippen LogP contribution >= 0.6 is 11.8 Å². The second kappa shape index (κ2) is 7.60. The molecule has 1 aliphatic rings. The van der Waals surface area contributed by atoms with Crippen LogP contribution in [0.4, 0.5) is 0 Å². The predicted octanol–water partition coefficient (Wildman–Crippen LogP) is 4.38. The molecule has 2 atom stereocenters. The van der Waals surface area contributed by atoms with E-state index in [2.05, 4.69) is 13.8 Å². The first-order valence-electron chi connectivity index (χ1n) is 7.00. The van der Waals surface area contributed by atoms with E-state index in [1.165, 1.54) is 44.9 Å². The Bertz CT molecular complexity index is 184. The van der Waals surface area contributed by atoms with Gasteiger partial charge in [0.1, 0.15) is 0 Å². The average Bonchev–Trinajstić information content (AvgIpc) is 2.58. The summed E-state index contributed by atoms with van der Waals surface area (Å²) in [4.78, 5) is 0. The Balaban J connectivity index is 1.94. The van der Waals surface area contributed by atoms with Crippen molar-refractivity contribution in [2.45, 2.75) is 82.5 Å². The van der Waals surface area contributed by atoms with E-state index >= 15 is 0 Å². The van der Waals surface area contributed by atoms with E-state index in [1.54, 1.807) is 0 Å². The van der Waals surface area contributed by atoms with Crippen LogP contribution in [0.15, 0.2) is 0 Å². The van der Waals surface area contributed by atoms with Crippen molar-refractivity contribution >= 4 is 11.8 Å². The molecule has 0 aliphatic carbocycles. The molecule has 2 unspecified atom stereocenters. The van der Waals surface area contributed by atoms with Crippen LogP contribution in [0.3, 0.4) is 0 Å². The zero-order valence-corrected chi connectivity index (χ0v) is 11.8. The lowest BCUT2D eigenvalue weighted by Gasteiger charge is -2.21. The summed E-state index contributed by atoms with van der Waals surface area (Å²) in [6.45, 7) is 4.49. The van der Waals surface area contributed by atoms with Gasteiger partial charge in [-0.1, -0.05) is 58.8 Å². The molecule has 0 aromatic carbocycles.